The normalized spacial score (nSPS) is 16.4. The first-order chi connectivity index (χ1) is 10.3. The van der Waals surface area contributed by atoms with Crippen LogP contribution in [0.25, 0.3) is 0 Å². The molecule has 0 atom stereocenters. The average Bonchev–Trinajstić information content (AvgIpc) is 2.94. The molecule has 2 aromatic heterocycles. The first-order valence-electron chi connectivity index (χ1n) is 6.35. The van der Waals surface area contributed by atoms with Crippen molar-refractivity contribution in [3.05, 3.63) is 29.8 Å². The van der Waals surface area contributed by atoms with Crippen LogP contribution in [0.5, 0.6) is 5.75 Å². The molecule has 0 fully saturated rings. The number of nitrogens with zero attached hydrogens (tertiary/aromatic N) is 1. The maximum Gasteiger partial charge on any atom is 0.271 e. The number of hydrogen-bond donors (Lipinski definition) is 2. The molecule has 2 N–H and O–H groups in total. The number of sulfonamides is 1. The topological polar surface area (TPSA) is 97.4 Å². The Bertz CT molecular complexity index is 829. The number of pyridine rings is 1. The van der Waals surface area contributed by atoms with Gasteiger partial charge < -0.3 is 10.1 Å². The summed E-state index contributed by atoms with van der Waals surface area (Å²) in [5, 5.41) is 4.30. The van der Waals surface area contributed by atoms with Crippen LogP contribution in [0.2, 0.25) is 0 Å². The second-order valence-electron chi connectivity index (χ2n) is 5.17. The number of fused-ring (bicyclic) bond motifs is 1. The Balaban J connectivity index is 1.91. The van der Waals surface area contributed by atoms with E-state index >= 15 is 0 Å². The molecule has 3 heterocycles. The van der Waals surface area contributed by atoms with Crippen molar-refractivity contribution in [2.24, 2.45) is 0 Å². The van der Waals surface area contributed by atoms with Crippen LogP contribution in [-0.4, -0.2) is 24.9 Å². The third-order valence-corrected chi connectivity index (χ3v) is 5.79. The van der Waals surface area contributed by atoms with Gasteiger partial charge in [0.25, 0.3) is 15.9 Å². The van der Waals surface area contributed by atoms with Crippen LogP contribution in [0.4, 0.5) is 11.5 Å². The maximum atomic E-state index is 12.2. The molecule has 1 aliphatic rings. The smallest absolute Gasteiger partial charge is 0.271 e. The quantitative estimate of drug-likeness (QED) is 0.892. The minimum absolute atomic E-state index is 0.208. The van der Waals surface area contributed by atoms with E-state index in [2.05, 4.69) is 15.0 Å². The van der Waals surface area contributed by atoms with E-state index < -0.39 is 15.6 Å². The molecule has 0 radical (unpaired) electrons. The minimum atomic E-state index is -3.65. The number of carbonyl (C=O) groups excluding carboxylic acids is 1. The number of anilines is 2. The predicted molar refractivity (Wildman–Crippen MR) is 82.7 cm³/mol. The molecule has 9 heteroatoms. The van der Waals surface area contributed by atoms with Crippen molar-refractivity contribution in [3.63, 3.8) is 0 Å². The summed E-state index contributed by atoms with van der Waals surface area (Å²) in [5.74, 6) is 0.277. The van der Waals surface area contributed by atoms with E-state index in [-0.39, 0.29) is 21.6 Å². The molecule has 2 aromatic rings. The van der Waals surface area contributed by atoms with Gasteiger partial charge in [0, 0.05) is 6.07 Å². The summed E-state index contributed by atoms with van der Waals surface area (Å²) in [4.78, 5) is 15.8. The molecule has 1 aliphatic heterocycles. The number of hydrogen-bond acceptors (Lipinski definition) is 6. The predicted octanol–water partition coefficient (Wildman–Crippen LogP) is 2.05. The van der Waals surface area contributed by atoms with E-state index in [0.29, 0.717) is 5.75 Å². The Morgan fingerprint density at radius 1 is 1.41 bits per heavy atom. The monoisotopic (exact) mass is 339 g/mol. The Kier molecular flexibility index (Phi) is 3.33. The average molecular weight is 339 g/mol. The highest BCUT2D eigenvalue weighted by atomic mass is 32.2. The molecule has 0 saturated heterocycles. The first kappa shape index (κ1) is 14.8. The van der Waals surface area contributed by atoms with Gasteiger partial charge in [-0.3, -0.25) is 9.52 Å². The highest BCUT2D eigenvalue weighted by Crippen LogP contribution is 2.34. The van der Waals surface area contributed by atoms with Crippen LogP contribution < -0.4 is 14.8 Å². The zero-order valence-electron chi connectivity index (χ0n) is 11.8. The molecule has 116 valence electrons. The molecule has 7 nitrogen and oxygen atoms in total. The highest BCUT2D eigenvalue weighted by Gasteiger charge is 2.36. The zero-order chi connectivity index (χ0) is 16.0. The molecule has 3 rings (SSSR count). The van der Waals surface area contributed by atoms with E-state index in [9.17, 15) is 13.2 Å². The van der Waals surface area contributed by atoms with Gasteiger partial charge in [-0.1, -0.05) is 6.07 Å². The lowest BCUT2D eigenvalue weighted by molar-refractivity contribution is -0.129. The van der Waals surface area contributed by atoms with Gasteiger partial charge in [-0.05, 0) is 25.3 Å². The van der Waals surface area contributed by atoms with Crippen molar-refractivity contribution in [1.82, 2.24) is 4.98 Å². The summed E-state index contributed by atoms with van der Waals surface area (Å²) in [6, 6.07) is 4.67. The van der Waals surface area contributed by atoms with Crippen molar-refractivity contribution < 1.29 is 17.9 Å². The third kappa shape index (κ3) is 2.64. The summed E-state index contributed by atoms with van der Waals surface area (Å²) in [5.41, 5.74) is -0.779. The lowest BCUT2D eigenvalue weighted by atomic mass is 10.1. The molecule has 22 heavy (non-hydrogen) atoms. The summed E-state index contributed by atoms with van der Waals surface area (Å²) in [6.45, 7) is 3.24. The number of carbonyl (C=O) groups is 1. The molecule has 0 unspecified atom stereocenters. The van der Waals surface area contributed by atoms with E-state index in [1.54, 1.807) is 25.3 Å². The van der Waals surface area contributed by atoms with Crippen molar-refractivity contribution in [1.29, 1.82) is 0 Å². The van der Waals surface area contributed by atoms with Gasteiger partial charge in [0.05, 0.1) is 11.9 Å². The largest absolute Gasteiger partial charge is 0.474 e. The van der Waals surface area contributed by atoms with Gasteiger partial charge in [-0.2, -0.15) is 0 Å². The van der Waals surface area contributed by atoms with Crippen LogP contribution in [0, 0.1) is 0 Å². The fourth-order valence-corrected chi connectivity index (χ4v) is 3.90. The fraction of sp³-hybridized carbons (Fsp3) is 0.231. The molecule has 0 aliphatic carbocycles. The third-order valence-electron chi connectivity index (χ3n) is 3.01. The summed E-state index contributed by atoms with van der Waals surface area (Å²) in [7, 11) is -3.65. The lowest BCUT2D eigenvalue weighted by Gasteiger charge is -2.30. The Morgan fingerprint density at radius 3 is 2.86 bits per heavy atom. The van der Waals surface area contributed by atoms with Gasteiger partial charge in [0.2, 0.25) is 0 Å². The number of rotatable bonds is 3. The maximum absolute atomic E-state index is 12.2. The second kappa shape index (κ2) is 4.96. The fourth-order valence-electron chi connectivity index (χ4n) is 1.87. The van der Waals surface area contributed by atoms with Crippen molar-refractivity contribution >= 4 is 38.8 Å². The standard InChI is InChI=1S/C13H13N3O4S2/c1-13(2)12(17)15-11-9(20-13)6-8(7-14-11)16-22(18,19)10-4-3-5-21-10/h3-7,16H,1-2H3,(H,14,15,17). The van der Waals surface area contributed by atoms with E-state index in [0.717, 1.165) is 11.3 Å². The molecule has 0 bridgehead atoms. The molecular weight excluding hydrogens is 326 g/mol. The van der Waals surface area contributed by atoms with E-state index in [1.807, 2.05) is 0 Å². The number of aromatic nitrogens is 1. The van der Waals surface area contributed by atoms with E-state index in [4.69, 9.17) is 4.74 Å². The molecule has 0 aromatic carbocycles. The van der Waals surface area contributed by atoms with Crippen LogP contribution in [-0.2, 0) is 14.8 Å². The van der Waals surface area contributed by atoms with Crippen LogP contribution in [0.1, 0.15) is 13.8 Å². The van der Waals surface area contributed by atoms with Gasteiger partial charge in [0.1, 0.15) is 4.21 Å². The first-order valence-corrected chi connectivity index (χ1v) is 8.71. The SMILES string of the molecule is CC1(C)Oc2cc(NS(=O)(=O)c3cccs3)cnc2NC1=O. The Morgan fingerprint density at radius 2 is 2.18 bits per heavy atom. The van der Waals surface area contributed by atoms with Crippen LogP contribution in [0.15, 0.2) is 34.0 Å². The van der Waals surface area contributed by atoms with Gasteiger partial charge >= 0.3 is 0 Å². The van der Waals surface area contributed by atoms with Gasteiger partial charge in [-0.25, -0.2) is 13.4 Å². The number of amides is 1. The van der Waals surface area contributed by atoms with Crippen molar-refractivity contribution in [2.45, 2.75) is 23.7 Å². The molecule has 0 saturated carbocycles. The van der Waals surface area contributed by atoms with E-state index in [1.165, 1.54) is 18.3 Å². The second-order valence-corrected chi connectivity index (χ2v) is 8.03. The van der Waals surface area contributed by atoms with Crippen LogP contribution >= 0.6 is 11.3 Å². The Labute approximate surface area is 131 Å². The summed E-state index contributed by atoms with van der Waals surface area (Å²) < 4.78 is 32.6. The number of thiophene rings is 1. The van der Waals surface area contributed by atoms with Gasteiger partial charge in [0.15, 0.2) is 17.2 Å². The highest BCUT2D eigenvalue weighted by molar-refractivity contribution is 7.94. The van der Waals surface area contributed by atoms with Crippen molar-refractivity contribution in [2.75, 3.05) is 10.0 Å². The lowest BCUT2D eigenvalue weighted by Crippen LogP contribution is -2.46. The van der Waals surface area contributed by atoms with Crippen LogP contribution in [0.3, 0.4) is 0 Å². The number of ether oxygens (including phenoxy) is 1. The molecule has 0 spiro atoms. The number of nitrogens with one attached hydrogen (secondary N) is 2. The van der Waals surface area contributed by atoms with Crippen molar-refractivity contribution in [3.8, 4) is 5.75 Å². The zero-order valence-corrected chi connectivity index (χ0v) is 13.4. The Hall–Kier alpha value is -2.13. The molecular formula is C13H13N3O4S2. The summed E-state index contributed by atoms with van der Waals surface area (Å²) >= 11 is 1.12. The molecule has 1 amide bonds. The van der Waals surface area contributed by atoms with Gasteiger partial charge in [-0.15, -0.1) is 11.3 Å². The summed E-state index contributed by atoms with van der Waals surface area (Å²) in [6.07, 6.45) is 1.33. The minimum Gasteiger partial charge on any atom is -0.474 e.